The van der Waals surface area contributed by atoms with Gasteiger partial charge in [0, 0.05) is 31.7 Å². The molecule has 0 aliphatic heterocycles. The molecular weight excluding hydrogens is 360 g/mol. The number of furan rings is 1. The first kappa shape index (κ1) is 21.8. The van der Waals surface area contributed by atoms with Gasteiger partial charge in [-0.25, -0.2) is 0 Å². The molecule has 0 saturated heterocycles. The van der Waals surface area contributed by atoms with Crippen LogP contribution in [0, 0.1) is 12.8 Å². The number of hydrogen-bond donors (Lipinski definition) is 3. The number of nitrogens with zero attached hydrogens (tertiary/aromatic N) is 1. The second kappa shape index (κ2) is 11.4. The van der Waals surface area contributed by atoms with E-state index >= 15 is 0 Å². The summed E-state index contributed by atoms with van der Waals surface area (Å²) in [5.41, 5.74) is 0.831. The summed E-state index contributed by atoms with van der Waals surface area (Å²) in [5.74, 6) is 0.865. The quantitative estimate of drug-likeness (QED) is 0.270. The molecule has 0 bridgehead atoms. The Morgan fingerprint density at radius 3 is 2.54 bits per heavy atom. The molecular formula is C20H32N4O4. The summed E-state index contributed by atoms with van der Waals surface area (Å²) in [7, 11) is 1.74. The predicted octanol–water partition coefficient (Wildman–Crippen LogP) is 1.99. The Kier molecular flexibility index (Phi) is 8.84. The van der Waals surface area contributed by atoms with Crippen LogP contribution in [0.15, 0.2) is 21.7 Å². The SMILES string of the molecule is CCOC(=O)C1CCC(NC(=NC)NCCCNC(=O)c2occc2C)CC1. The Hall–Kier alpha value is -2.51. The topological polar surface area (TPSA) is 105 Å². The summed E-state index contributed by atoms with van der Waals surface area (Å²) in [6, 6.07) is 2.07. The third kappa shape index (κ3) is 6.58. The molecule has 8 heteroatoms. The van der Waals surface area contributed by atoms with E-state index in [-0.39, 0.29) is 17.8 Å². The van der Waals surface area contributed by atoms with Gasteiger partial charge in [-0.15, -0.1) is 0 Å². The lowest BCUT2D eigenvalue weighted by Crippen LogP contribution is -2.46. The number of rotatable bonds is 8. The van der Waals surface area contributed by atoms with Crippen LogP contribution in [0.4, 0.5) is 0 Å². The lowest BCUT2D eigenvalue weighted by molar-refractivity contribution is -0.149. The van der Waals surface area contributed by atoms with Crippen LogP contribution in [-0.4, -0.2) is 50.6 Å². The molecule has 1 aromatic heterocycles. The van der Waals surface area contributed by atoms with Crippen molar-refractivity contribution in [3.63, 3.8) is 0 Å². The zero-order valence-corrected chi connectivity index (χ0v) is 17.0. The van der Waals surface area contributed by atoms with Crippen molar-refractivity contribution in [2.45, 2.75) is 52.0 Å². The summed E-state index contributed by atoms with van der Waals surface area (Å²) in [4.78, 5) is 28.0. The molecule has 1 aliphatic carbocycles. The van der Waals surface area contributed by atoms with Crippen molar-refractivity contribution in [2.75, 3.05) is 26.7 Å². The Morgan fingerprint density at radius 1 is 1.21 bits per heavy atom. The number of aryl methyl sites for hydroxylation is 1. The molecule has 0 spiro atoms. The lowest BCUT2D eigenvalue weighted by Gasteiger charge is -2.29. The number of hydrogen-bond acceptors (Lipinski definition) is 5. The van der Waals surface area contributed by atoms with Gasteiger partial charge in [-0.05, 0) is 52.0 Å². The van der Waals surface area contributed by atoms with E-state index in [4.69, 9.17) is 9.15 Å². The number of aliphatic imine (C=N–C) groups is 1. The van der Waals surface area contributed by atoms with Crippen molar-refractivity contribution in [3.05, 3.63) is 23.7 Å². The van der Waals surface area contributed by atoms with Gasteiger partial charge in [-0.1, -0.05) is 0 Å². The van der Waals surface area contributed by atoms with Crippen LogP contribution in [0.25, 0.3) is 0 Å². The van der Waals surface area contributed by atoms with Crippen LogP contribution in [0.5, 0.6) is 0 Å². The van der Waals surface area contributed by atoms with E-state index in [0.717, 1.165) is 43.6 Å². The fourth-order valence-corrected chi connectivity index (χ4v) is 3.30. The number of carbonyl (C=O) groups excluding carboxylic acids is 2. The van der Waals surface area contributed by atoms with Crippen LogP contribution in [0.3, 0.4) is 0 Å². The molecule has 1 heterocycles. The highest BCUT2D eigenvalue weighted by molar-refractivity contribution is 5.92. The van der Waals surface area contributed by atoms with Gasteiger partial charge in [-0.2, -0.15) is 0 Å². The maximum atomic E-state index is 12.0. The smallest absolute Gasteiger partial charge is 0.308 e. The third-order valence-electron chi connectivity index (χ3n) is 4.91. The van der Waals surface area contributed by atoms with Crippen molar-refractivity contribution >= 4 is 17.8 Å². The van der Waals surface area contributed by atoms with Crippen molar-refractivity contribution in [3.8, 4) is 0 Å². The molecule has 3 N–H and O–H groups in total. The maximum absolute atomic E-state index is 12.0. The Labute approximate surface area is 166 Å². The fourth-order valence-electron chi connectivity index (χ4n) is 3.30. The van der Waals surface area contributed by atoms with Crippen LogP contribution in [0.1, 0.15) is 55.1 Å². The van der Waals surface area contributed by atoms with Crippen LogP contribution in [-0.2, 0) is 9.53 Å². The number of carbonyl (C=O) groups is 2. The lowest BCUT2D eigenvalue weighted by atomic mass is 9.86. The Morgan fingerprint density at radius 2 is 1.93 bits per heavy atom. The number of esters is 1. The highest BCUT2D eigenvalue weighted by atomic mass is 16.5. The highest BCUT2D eigenvalue weighted by Crippen LogP contribution is 2.25. The van der Waals surface area contributed by atoms with Crippen LogP contribution < -0.4 is 16.0 Å². The molecule has 0 radical (unpaired) electrons. The van der Waals surface area contributed by atoms with E-state index in [0.29, 0.717) is 31.5 Å². The normalized spacial score (nSPS) is 19.8. The van der Waals surface area contributed by atoms with Gasteiger partial charge in [-0.3, -0.25) is 14.6 Å². The first-order chi connectivity index (χ1) is 13.5. The van der Waals surface area contributed by atoms with Crippen LogP contribution in [0.2, 0.25) is 0 Å². The molecule has 1 fully saturated rings. The minimum absolute atomic E-state index is 0.0226. The molecule has 2 rings (SSSR count). The van der Waals surface area contributed by atoms with E-state index in [1.165, 1.54) is 6.26 Å². The molecule has 8 nitrogen and oxygen atoms in total. The fraction of sp³-hybridized carbons (Fsp3) is 0.650. The summed E-state index contributed by atoms with van der Waals surface area (Å²) >= 11 is 0. The van der Waals surface area contributed by atoms with E-state index in [2.05, 4.69) is 20.9 Å². The Balaban J connectivity index is 1.61. The molecule has 28 heavy (non-hydrogen) atoms. The standard InChI is InChI=1S/C20H32N4O4/c1-4-27-19(26)15-6-8-16(9-7-15)24-20(21-3)23-12-5-11-22-18(25)17-14(2)10-13-28-17/h10,13,15-16H,4-9,11-12H2,1-3H3,(H,22,25)(H2,21,23,24). The molecule has 1 amide bonds. The Bertz CT molecular complexity index is 663. The van der Waals surface area contributed by atoms with Crippen molar-refractivity contribution in [1.82, 2.24) is 16.0 Å². The number of ether oxygens (including phenoxy) is 1. The summed E-state index contributed by atoms with van der Waals surface area (Å²) in [6.07, 6.45) is 5.80. The zero-order valence-electron chi connectivity index (χ0n) is 17.0. The largest absolute Gasteiger partial charge is 0.466 e. The monoisotopic (exact) mass is 392 g/mol. The van der Waals surface area contributed by atoms with Crippen molar-refractivity contribution < 1.29 is 18.7 Å². The third-order valence-corrected chi connectivity index (χ3v) is 4.91. The zero-order chi connectivity index (χ0) is 20.4. The molecule has 156 valence electrons. The van der Waals surface area contributed by atoms with E-state index in [1.54, 1.807) is 13.1 Å². The van der Waals surface area contributed by atoms with Gasteiger partial charge < -0.3 is 25.1 Å². The highest BCUT2D eigenvalue weighted by Gasteiger charge is 2.27. The van der Waals surface area contributed by atoms with Gasteiger partial charge in [0.1, 0.15) is 0 Å². The van der Waals surface area contributed by atoms with Crippen molar-refractivity contribution in [1.29, 1.82) is 0 Å². The average Bonchev–Trinajstić information content (AvgIpc) is 3.13. The maximum Gasteiger partial charge on any atom is 0.308 e. The summed E-state index contributed by atoms with van der Waals surface area (Å²) in [6.45, 7) is 5.36. The minimum Gasteiger partial charge on any atom is -0.466 e. The predicted molar refractivity (Wildman–Crippen MR) is 107 cm³/mol. The molecule has 0 unspecified atom stereocenters. The van der Waals surface area contributed by atoms with Gasteiger partial charge in [0.05, 0.1) is 18.8 Å². The summed E-state index contributed by atoms with van der Waals surface area (Å²) in [5, 5.41) is 9.52. The van der Waals surface area contributed by atoms with Gasteiger partial charge in [0.25, 0.3) is 5.91 Å². The molecule has 1 aliphatic rings. The van der Waals surface area contributed by atoms with E-state index in [9.17, 15) is 9.59 Å². The molecule has 0 aromatic carbocycles. The minimum atomic E-state index is -0.191. The van der Waals surface area contributed by atoms with Crippen molar-refractivity contribution in [2.24, 2.45) is 10.9 Å². The number of guanidine groups is 1. The van der Waals surface area contributed by atoms with Gasteiger partial charge >= 0.3 is 5.97 Å². The second-order valence-corrected chi connectivity index (χ2v) is 6.99. The molecule has 0 atom stereocenters. The molecule has 1 saturated carbocycles. The number of nitrogens with one attached hydrogen (secondary N) is 3. The van der Waals surface area contributed by atoms with Gasteiger partial charge in [0.15, 0.2) is 11.7 Å². The summed E-state index contributed by atoms with van der Waals surface area (Å²) < 4.78 is 10.3. The number of amides is 1. The van der Waals surface area contributed by atoms with Gasteiger partial charge in [0.2, 0.25) is 0 Å². The molecule has 1 aromatic rings. The van der Waals surface area contributed by atoms with E-state index in [1.807, 2.05) is 13.8 Å². The second-order valence-electron chi connectivity index (χ2n) is 6.99. The van der Waals surface area contributed by atoms with Crippen LogP contribution >= 0.6 is 0 Å². The van der Waals surface area contributed by atoms with E-state index < -0.39 is 0 Å². The first-order valence-corrected chi connectivity index (χ1v) is 10.0. The first-order valence-electron chi connectivity index (χ1n) is 10.0. The average molecular weight is 393 g/mol.